The molecular formula is C65H45BF6N2. The van der Waals surface area contributed by atoms with Crippen molar-refractivity contribution in [2.75, 3.05) is 0 Å². The molecule has 0 amide bonds. The van der Waals surface area contributed by atoms with Crippen LogP contribution in [-0.2, 0) is 28.6 Å². The molecule has 2 aromatic heterocycles. The lowest BCUT2D eigenvalue weighted by Gasteiger charge is -2.44. The summed E-state index contributed by atoms with van der Waals surface area (Å²) >= 11 is 0. The first-order chi connectivity index (χ1) is 35.3. The Balaban J connectivity index is 1.20. The fourth-order valence-electron chi connectivity index (χ4n) is 13.9. The number of hydrogen-bond acceptors (Lipinski definition) is 0. The highest BCUT2D eigenvalue weighted by Gasteiger charge is 2.55. The maximum absolute atomic E-state index is 15.8. The number of benzene rings is 9. The zero-order valence-corrected chi connectivity index (χ0v) is 41.3. The van der Waals surface area contributed by atoms with Crippen molar-refractivity contribution in [3.8, 4) is 44.9 Å². The van der Waals surface area contributed by atoms with Crippen molar-refractivity contribution in [3.05, 3.63) is 208 Å². The molecule has 9 aromatic carbocycles. The van der Waals surface area contributed by atoms with E-state index in [9.17, 15) is 0 Å². The Morgan fingerprint density at radius 3 is 1.58 bits per heavy atom. The zero-order valence-electron chi connectivity index (χ0n) is 41.3. The molecule has 0 saturated heterocycles. The molecule has 1 aliphatic carbocycles. The fraction of sp³-hybridized carbons (Fsp3) is 0.169. The van der Waals surface area contributed by atoms with E-state index in [1.165, 1.54) is 23.3 Å². The molecule has 11 aromatic rings. The van der Waals surface area contributed by atoms with Crippen LogP contribution in [0.15, 0.2) is 164 Å². The lowest BCUT2D eigenvalue weighted by atomic mass is 9.33. The van der Waals surface area contributed by atoms with Gasteiger partial charge in [-0.05, 0) is 124 Å². The molecule has 0 unspecified atom stereocenters. The lowest BCUT2D eigenvalue weighted by molar-refractivity contribution is -0.138. The number of nitrogens with zero attached hydrogens (tertiary/aromatic N) is 2. The van der Waals surface area contributed by atoms with E-state index in [1.807, 2.05) is 60.7 Å². The van der Waals surface area contributed by atoms with Crippen molar-refractivity contribution in [2.45, 2.75) is 70.1 Å². The van der Waals surface area contributed by atoms with Gasteiger partial charge in [-0.15, -0.1) is 0 Å². The maximum Gasteiger partial charge on any atom is 0.416 e. The van der Waals surface area contributed by atoms with Crippen molar-refractivity contribution < 1.29 is 26.3 Å². The van der Waals surface area contributed by atoms with Gasteiger partial charge in [0.15, 0.2) is 0 Å². The van der Waals surface area contributed by atoms with E-state index in [0.717, 1.165) is 106 Å². The van der Waals surface area contributed by atoms with Gasteiger partial charge in [0.05, 0.1) is 33.3 Å². The molecule has 0 N–H and O–H groups in total. The summed E-state index contributed by atoms with van der Waals surface area (Å²) in [6, 6.07) is 52.8. The van der Waals surface area contributed by atoms with E-state index in [2.05, 4.69) is 130 Å². The third-order valence-corrected chi connectivity index (χ3v) is 17.0. The lowest BCUT2D eigenvalue weighted by Crippen LogP contribution is -2.61. The van der Waals surface area contributed by atoms with E-state index in [0.29, 0.717) is 22.1 Å². The van der Waals surface area contributed by atoms with Crippen LogP contribution in [0.2, 0.25) is 0 Å². The summed E-state index contributed by atoms with van der Waals surface area (Å²) in [7, 11) is 0. The fourth-order valence-corrected chi connectivity index (χ4v) is 13.9. The summed E-state index contributed by atoms with van der Waals surface area (Å²) in [6.07, 6.45) is -9.63. The van der Waals surface area contributed by atoms with E-state index in [1.54, 1.807) is 0 Å². The Bertz CT molecular complexity index is 4300. The molecule has 5 heterocycles. The minimum atomic E-state index is -4.82. The van der Waals surface area contributed by atoms with Crippen molar-refractivity contribution >= 4 is 66.6 Å². The predicted octanol–water partition coefficient (Wildman–Crippen LogP) is 15.7. The van der Waals surface area contributed by atoms with Crippen LogP contribution in [0.4, 0.5) is 26.3 Å². The van der Waals surface area contributed by atoms with Gasteiger partial charge in [-0.1, -0.05) is 175 Å². The first-order valence-corrected chi connectivity index (χ1v) is 25.3. The Morgan fingerprint density at radius 2 is 0.973 bits per heavy atom. The van der Waals surface area contributed by atoms with Crippen molar-refractivity contribution in [2.24, 2.45) is 0 Å². The van der Waals surface area contributed by atoms with Gasteiger partial charge in [0.25, 0.3) is 6.71 Å². The normalized spacial score (nSPS) is 14.8. The summed E-state index contributed by atoms with van der Waals surface area (Å²) in [6.45, 7) is 12.4. The Kier molecular flexibility index (Phi) is 8.21. The Labute approximate surface area is 423 Å². The van der Waals surface area contributed by atoms with Gasteiger partial charge in [0.1, 0.15) is 0 Å². The first kappa shape index (κ1) is 43.8. The van der Waals surface area contributed by atoms with E-state index in [4.69, 9.17) is 0 Å². The molecule has 2 nitrogen and oxygen atoms in total. The van der Waals surface area contributed by atoms with Crippen LogP contribution in [0.5, 0.6) is 0 Å². The van der Waals surface area contributed by atoms with Crippen molar-refractivity contribution in [3.63, 3.8) is 0 Å². The second-order valence-electron chi connectivity index (χ2n) is 23.0. The molecule has 4 aliphatic rings. The number of aromatic nitrogens is 2. The van der Waals surface area contributed by atoms with Gasteiger partial charge in [0.2, 0.25) is 0 Å². The van der Waals surface area contributed by atoms with Crippen LogP contribution >= 0.6 is 0 Å². The van der Waals surface area contributed by atoms with E-state index in [-0.39, 0.29) is 21.6 Å². The summed E-state index contributed by atoms with van der Waals surface area (Å²) in [4.78, 5) is 0. The second-order valence-corrected chi connectivity index (χ2v) is 23.0. The molecule has 1 spiro atoms. The number of fused-ring (bicyclic) bond motifs is 13. The van der Waals surface area contributed by atoms with Crippen LogP contribution in [0, 0.1) is 0 Å². The van der Waals surface area contributed by atoms with Crippen LogP contribution in [0.3, 0.4) is 0 Å². The highest BCUT2D eigenvalue weighted by molar-refractivity contribution is 7.01. The van der Waals surface area contributed by atoms with Crippen LogP contribution in [-0.4, -0.2) is 15.8 Å². The van der Waals surface area contributed by atoms with Gasteiger partial charge >= 0.3 is 12.4 Å². The van der Waals surface area contributed by atoms with Gasteiger partial charge in [-0.2, -0.15) is 26.3 Å². The van der Waals surface area contributed by atoms with Gasteiger partial charge < -0.3 is 9.13 Å². The predicted molar refractivity (Wildman–Crippen MR) is 289 cm³/mol. The molecular weight excluding hydrogens is 934 g/mol. The second kappa shape index (κ2) is 13.9. The summed E-state index contributed by atoms with van der Waals surface area (Å²) < 4.78 is 98.7. The van der Waals surface area contributed by atoms with E-state index >= 15 is 26.3 Å². The Hall–Kier alpha value is -7.78. The summed E-state index contributed by atoms with van der Waals surface area (Å²) in [5, 5.41) is 3.08. The third-order valence-electron chi connectivity index (χ3n) is 17.0. The summed E-state index contributed by atoms with van der Waals surface area (Å²) in [5.41, 5.74) is 13.2. The first-order valence-electron chi connectivity index (χ1n) is 25.3. The van der Waals surface area contributed by atoms with Crippen LogP contribution in [0.25, 0.3) is 88.4 Å². The number of halogens is 6. The number of rotatable bonds is 2. The maximum atomic E-state index is 15.8. The Morgan fingerprint density at radius 1 is 0.419 bits per heavy atom. The van der Waals surface area contributed by atoms with Crippen molar-refractivity contribution in [1.29, 1.82) is 0 Å². The molecule has 3 aliphatic heterocycles. The molecule has 74 heavy (non-hydrogen) atoms. The number of alkyl halides is 6. The molecule has 360 valence electrons. The molecule has 0 saturated carbocycles. The topological polar surface area (TPSA) is 9.86 Å². The van der Waals surface area contributed by atoms with Crippen LogP contribution < -0.4 is 16.4 Å². The molecule has 15 rings (SSSR count). The van der Waals surface area contributed by atoms with Crippen molar-refractivity contribution in [1.82, 2.24) is 9.13 Å². The average molecular weight is 979 g/mol. The minimum Gasteiger partial charge on any atom is -0.310 e. The van der Waals surface area contributed by atoms with Gasteiger partial charge in [-0.3, -0.25) is 0 Å². The van der Waals surface area contributed by atoms with E-state index < -0.39 is 35.6 Å². The van der Waals surface area contributed by atoms with Crippen LogP contribution in [0.1, 0.15) is 86.1 Å². The average Bonchev–Trinajstić information content (AvgIpc) is 4.03. The summed E-state index contributed by atoms with van der Waals surface area (Å²) in [5.74, 6) is 0. The largest absolute Gasteiger partial charge is 0.416 e. The minimum absolute atomic E-state index is 0.103. The SMILES string of the molecule is CC(C)(C)c1ccc(-c2c(-c3ccc(C(C)(C)C)cc3)n3c4c(c5ccccc5cc24)B2c4c-3ccc3c4-n4c5c2cc(C(F)(F)F)cc5c2cc(C(F)(F)F)cc(c24)C32c3ccccc3-c3ccccc32)cc1. The quantitative estimate of drug-likeness (QED) is 0.121. The smallest absolute Gasteiger partial charge is 0.310 e. The number of hydrogen-bond donors (Lipinski definition) is 0. The monoisotopic (exact) mass is 978 g/mol. The van der Waals surface area contributed by atoms with Gasteiger partial charge in [-0.25, -0.2) is 0 Å². The third kappa shape index (κ3) is 5.39. The molecule has 0 radical (unpaired) electrons. The zero-order chi connectivity index (χ0) is 50.9. The highest BCUT2D eigenvalue weighted by atomic mass is 19.4. The molecule has 0 bridgehead atoms. The molecule has 0 atom stereocenters. The molecule has 0 fully saturated rings. The standard InChI is InChI=1S/C65H45BF6N2/c1-61(2,3)37-23-19-34(20-24-37)53-46-29-36-13-7-8-14-41(36)54-59(46)73(56(53)35-21-25-38(26-22-35)62(4,5)6)52-28-27-49-60-55(52)66(54)51-33-40(65(70,71)72)31-45-44-30-39(64(67,68)69)32-50(57(44)74(60)58(45)51)63(49)47-17-11-9-15-42(47)43-16-10-12-18-48(43)63/h7-33H,1-6H3. The van der Waals surface area contributed by atoms with Gasteiger partial charge in [0, 0.05) is 38.6 Å². The molecule has 9 heteroatoms. The highest BCUT2D eigenvalue weighted by Crippen LogP contribution is 2.62.